The molecular formula is C24H17FN2O5. The fourth-order valence-corrected chi connectivity index (χ4v) is 3.87. The highest BCUT2D eigenvalue weighted by molar-refractivity contribution is 6.51. The van der Waals surface area contributed by atoms with Crippen molar-refractivity contribution in [2.24, 2.45) is 0 Å². The van der Waals surface area contributed by atoms with E-state index < -0.39 is 23.5 Å². The summed E-state index contributed by atoms with van der Waals surface area (Å²) < 4.78 is 24.7. The lowest BCUT2D eigenvalue weighted by Crippen LogP contribution is -2.30. The van der Waals surface area contributed by atoms with Gasteiger partial charge < -0.3 is 14.6 Å². The number of rotatable bonds is 3. The number of Topliss-reactive ketones (excluding diaryl/α,β-unsaturated/α-hetero) is 1. The summed E-state index contributed by atoms with van der Waals surface area (Å²) >= 11 is 0. The second kappa shape index (κ2) is 7.81. The van der Waals surface area contributed by atoms with E-state index in [1.807, 2.05) is 0 Å². The van der Waals surface area contributed by atoms with Crippen molar-refractivity contribution in [1.82, 2.24) is 4.98 Å². The topological polar surface area (TPSA) is 89.0 Å². The van der Waals surface area contributed by atoms with Crippen LogP contribution in [0, 0.1) is 5.82 Å². The van der Waals surface area contributed by atoms with Crippen molar-refractivity contribution in [3.8, 4) is 11.5 Å². The Labute approximate surface area is 182 Å². The molecule has 1 N–H and O–H groups in total. The molecular weight excluding hydrogens is 415 g/mol. The summed E-state index contributed by atoms with van der Waals surface area (Å²) in [5, 5.41) is 11.2. The molecule has 3 aromatic rings. The van der Waals surface area contributed by atoms with Gasteiger partial charge in [-0.25, -0.2) is 9.37 Å². The smallest absolute Gasteiger partial charge is 0.301 e. The summed E-state index contributed by atoms with van der Waals surface area (Å²) in [6.45, 7) is 0.773. The number of anilines is 1. The Morgan fingerprint density at radius 2 is 1.75 bits per heavy atom. The molecule has 1 saturated heterocycles. The van der Waals surface area contributed by atoms with Crippen LogP contribution in [0.4, 0.5) is 10.2 Å². The number of carbonyl (C=O) groups excluding carboxylic acids is 2. The maximum Gasteiger partial charge on any atom is 0.301 e. The van der Waals surface area contributed by atoms with E-state index in [1.165, 1.54) is 35.4 Å². The monoisotopic (exact) mass is 432 g/mol. The first kappa shape index (κ1) is 19.7. The standard InChI is InChI=1S/C24H17FN2O5/c25-16-7-4-14(5-8-16)21-20(23(29)24(30)27(21)19-3-1-2-10-26-19)22(28)15-6-9-17-18(13-15)32-12-11-31-17/h1-10,13,21,28H,11-12H2. The van der Waals surface area contributed by atoms with Gasteiger partial charge in [0.1, 0.15) is 30.6 Å². The number of benzene rings is 2. The van der Waals surface area contributed by atoms with E-state index in [1.54, 1.807) is 36.4 Å². The van der Waals surface area contributed by atoms with E-state index in [4.69, 9.17) is 9.47 Å². The van der Waals surface area contributed by atoms with Crippen molar-refractivity contribution in [3.63, 3.8) is 0 Å². The van der Waals surface area contributed by atoms with Crippen LogP contribution in [0.1, 0.15) is 17.2 Å². The largest absolute Gasteiger partial charge is 0.507 e. The Balaban J connectivity index is 1.69. The van der Waals surface area contributed by atoms with Crippen LogP contribution >= 0.6 is 0 Å². The van der Waals surface area contributed by atoms with Gasteiger partial charge in [-0.1, -0.05) is 18.2 Å². The van der Waals surface area contributed by atoms with Crippen LogP contribution in [-0.2, 0) is 9.59 Å². The number of fused-ring (bicyclic) bond motifs is 1. The van der Waals surface area contributed by atoms with Gasteiger partial charge in [0.05, 0.1) is 11.6 Å². The van der Waals surface area contributed by atoms with Crippen LogP contribution in [0.15, 0.2) is 72.4 Å². The predicted molar refractivity (Wildman–Crippen MR) is 113 cm³/mol. The molecule has 1 aromatic heterocycles. The van der Waals surface area contributed by atoms with Gasteiger partial charge in [0, 0.05) is 11.8 Å². The van der Waals surface area contributed by atoms with Crippen molar-refractivity contribution in [3.05, 3.63) is 89.4 Å². The van der Waals surface area contributed by atoms with Gasteiger partial charge >= 0.3 is 5.91 Å². The molecule has 1 atom stereocenters. The van der Waals surface area contributed by atoms with Crippen LogP contribution < -0.4 is 14.4 Å². The first-order valence-electron chi connectivity index (χ1n) is 9.92. The van der Waals surface area contributed by atoms with Crippen molar-refractivity contribution < 1.29 is 28.6 Å². The Morgan fingerprint density at radius 1 is 1.00 bits per heavy atom. The number of ether oxygens (including phenoxy) is 2. The molecule has 0 spiro atoms. The average molecular weight is 432 g/mol. The first-order chi connectivity index (χ1) is 15.5. The number of hydrogen-bond donors (Lipinski definition) is 1. The van der Waals surface area contributed by atoms with Gasteiger partial charge in [-0.3, -0.25) is 14.5 Å². The summed E-state index contributed by atoms with van der Waals surface area (Å²) in [5.41, 5.74) is 0.625. The first-order valence-corrected chi connectivity index (χ1v) is 9.92. The van der Waals surface area contributed by atoms with Crippen LogP contribution in [0.5, 0.6) is 11.5 Å². The van der Waals surface area contributed by atoms with Crippen molar-refractivity contribution in [2.45, 2.75) is 6.04 Å². The van der Waals surface area contributed by atoms with Crippen LogP contribution in [0.3, 0.4) is 0 Å². The molecule has 1 amide bonds. The van der Waals surface area contributed by atoms with Crippen molar-refractivity contribution in [1.29, 1.82) is 0 Å². The predicted octanol–water partition coefficient (Wildman–Crippen LogP) is 3.62. The van der Waals surface area contributed by atoms with Gasteiger partial charge in [-0.15, -0.1) is 0 Å². The summed E-state index contributed by atoms with van der Waals surface area (Å²) in [6, 6.07) is 14.1. The molecule has 0 radical (unpaired) electrons. The highest BCUT2D eigenvalue weighted by atomic mass is 19.1. The maximum absolute atomic E-state index is 13.6. The molecule has 8 heteroatoms. The molecule has 0 aliphatic carbocycles. The molecule has 0 bridgehead atoms. The minimum atomic E-state index is -0.987. The number of amides is 1. The summed E-state index contributed by atoms with van der Waals surface area (Å²) in [5.74, 6) is -1.34. The Morgan fingerprint density at radius 3 is 2.47 bits per heavy atom. The van der Waals surface area contributed by atoms with Gasteiger partial charge in [0.2, 0.25) is 0 Å². The number of aliphatic hydroxyl groups is 1. The number of halogens is 1. The Kier molecular flexibility index (Phi) is 4.82. The zero-order valence-corrected chi connectivity index (χ0v) is 16.7. The number of carbonyl (C=O) groups is 2. The summed E-state index contributed by atoms with van der Waals surface area (Å²) in [7, 11) is 0. The van der Waals surface area contributed by atoms with Crippen LogP contribution in [0.2, 0.25) is 0 Å². The molecule has 0 saturated carbocycles. The number of aliphatic hydroxyl groups excluding tert-OH is 1. The number of nitrogens with zero attached hydrogens (tertiary/aromatic N) is 2. The van der Waals surface area contributed by atoms with E-state index >= 15 is 0 Å². The lowest BCUT2D eigenvalue weighted by molar-refractivity contribution is -0.132. The second-order valence-electron chi connectivity index (χ2n) is 7.27. The molecule has 160 valence electrons. The van der Waals surface area contributed by atoms with E-state index in [2.05, 4.69) is 4.98 Å². The van der Waals surface area contributed by atoms with Gasteiger partial charge in [0.15, 0.2) is 11.5 Å². The molecule has 7 nitrogen and oxygen atoms in total. The fourth-order valence-electron chi connectivity index (χ4n) is 3.87. The van der Waals surface area contributed by atoms with Gasteiger partial charge in [0.25, 0.3) is 5.78 Å². The zero-order valence-electron chi connectivity index (χ0n) is 16.7. The van der Waals surface area contributed by atoms with E-state index in [0.717, 1.165) is 0 Å². The highest BCUT2D eigenvalue weighted by Gasteiger charge is 2.47. The van der Waals surface area contributed by atoms with E-state index in [0.29, 0.717) is 35.8 Å². The van der Waals surface area contributed by atoms with Crippen molar-refractivity contribution in [2.75, 3.05) is 18.1 Å². The lowest BCUT2D eigenvalue weighted by Gasteiger charge is -2.24. The molecule has 2 aliphatic rings. The normalized spacial score (nSPS) is 19.3. The molecule has 32 heavy (non-hydrogen) atoms. The molecule has 1 fully saturated rings. The highest BCUT2D eigenvalue weighted by Crippen LogP contribution is 2.42. The SMILES string of the molecule is O=C1C(=O)N(c2ccccn2)C(c2ccc(F)cc2)C1=C(O)c1ccc2c(c1)OCCO2. The minimum Gasteiger partial charge on any atom is -0.507 e. The third-order valence-corrected chi connectivity index (χ3v) is 5.34. The third kappa shape index (κ3) is 3.26. The molecule has 1 unspecified atom stereocenters. The van der Waals surface area contributed by atoms with Gasteiger partial charge in [-0.2, -0.15) is 0 Å². The molecule has 5 rings (SSSR count). The number of pyridine rings is 1. The van der Waals surface area contributed by atoms with E-state index in [9.17, 15) is 19.1 Å². The van der Waals surface area contributed by atoms with Crippen LogP contribution in [0.25, 0.3) is 5.76 Å². The minimum absolute atomic E-state index is 0.121. The summed E-state index contributed by atoms with van der Waals surface area (Å²) in [6.07, 6.45) is 1.50. The van der Waals surface area contributed by atoms with Gasteiger partial charge in [-0.05, 0) is 48.0 Å². The lowest BCUT2D eigenvalue weighted by atomic mass is 9.95. The Hall–Kier alpha value is -4.20. The second-order valence-corrected chi connectivity index (χ2v) is 7.27. The molecule has 2 aromatic carbocycles. The number of hydrogen-bond acceptors (Lipinski definition) is 6. The van der Waals surface area contributed by atoms with Crippen molar-refractivity contribution >= 4 is 23.3 Å². The van der Waals surface area contributed by atoms with Crippen LogP contribution in [-0.4, -0.2) is 35.0 Å². The molecule has 2 aliphatic heterocycles. The molecule has 3 heterocycles. The average Bonchev–Trinajstić information content (AvgIpc) is 3.09. The number of aromatic nitrogens is 1. The summed E-state index contributed by atoms with van der Waals surface area (Å²) in [4.78, 5) is 31.5. The zero-order chi connectivity index (χ0) is 22.2. The maximum atomic E-state index is 13.6. The Bertz CT molecular complexity index is 1240. The number of ketones is 1. The van der Waals surface area contributed by atoms with E-state index in [-0.39, 0.29) is 17.2 Å². The fraction of sp³-hybridized carbons (Fsp3) is 0.125. The quantitative estimate of drug-likeness (QED) is 0.386. The third-order valence-electron chi connectivity index (χ3n) is 5.34.